The molecule has 1 amide bonds. The lowest BCUT2D eigenvalue weighted by molar-refractivity contribution is 0.0950. The van der Waals surface area contributed by atoms with Gasteiger partial charge in [-0.25, -0.2) is 4.39 Å². The van der Waals surface area contributed by atoms with Gasteiger partial charge in [-0.2, -0.15) is 5.26 Å². The minimum atomic E-state index is -0.318. The van der Waals surface area contributed by atoms with Crippen molar-refractivity contribution in [3.05, 3.63) is 71.0 Å². The SMILES string of the molecule is N#Cc1ccccc1C(=O)NCc1ccc(F)cc1. The molecule has 0 bridgehead atoms. The summed E-state index contributed by atoms with van der Waals surface area (Å²) < 4.78 is 12.7. The fourth-order valence-electron chi connectivity index (χ4n) is 1.66. The zero-order valence-electron chi connectivity index (χ0n) is 10.1. The number of hydrogen-bond donors (Lipinski definition) is 1. The molecular weight excluding hydrogens is 243 g/mol. The van der Waals surface area contributed by atoms with E-state index in [1.54, 1.807) is 36.4 Å². The summed E-state index contributed by atoms with van der Waals surface area (Å²) in [5, 5.41) is 11.6. The summed E-state index contributed by atoms with van der Waals surface area (Å²) in [6.45, 7) is 0.291. The first kappa shape index (κ1) is 12.8. The van der Waals surface area contributed by atoms with Gasteiger partial charge in [-0.1, -0.05) is 24.3 Å². The van der Waals surface area contributed by atoms with Crippen molar-refractivity contribution in [3.63, 3.8) is 0 Å². The Kier molecular flexibility index (Phi) is 3.89. The van der Waals surface area contributed by atoms with Crippen LogP contribution in [0.4, 0.5) is 4.39 Å². The van der Waals surface area contributed by atoms with Crippen molar-refractivity contribution in [1.82, 2.24) is 5.32 Å². The highest BCUT2D eigenvalue weighted by Crippen LogP contribution is 2.08. The summed E-state index contributed by atoms with van der Waals surface area (Å²) in [4.78, 5) is 11.9. The number of nitrogens with one attached hydrogen (secondary N) is 1. The number of benzene rings is 2. The second-order valence-electron chi connectivity index (χ2n) is 3.97. The quantitative estimate of drug-likeness (QED) is 0.915. The van der Waals surface area contributed by atoms with Crippen LogP contribution >= 0.6 is 0 Å². The highest BCUT2D eigenvalue weighted by Gasteiger charge is 2.09. The third-order valence-corrected chi connectivity index (χ3v) is 2.66. The van der Waals surface area contributed by atoms with Gasteiger partial charge in [-0.3, -0.25) is 4.79 Å². The number of nitriles is 1. The van der Waals surface area contributed by atoms with Crippen LogP contribution in [0, 0.1) is 17.1 Å². The maximum Gasteiger partial charge on any atom is 0.252 e. The molecule has 2 aromatic carbocycles. The van der Waals surface area contributed by atoms with Crippen LogP contribution in [-0.2, 0) is 6.54 Å². The summed E-state index contributed by atoms with van der Waals surface area (Å²) in [6.07, 6.45) is 0. The van der Waals surface area contributed by atoms with E-state index in [-0.39, 0.29) is 11.7 Å². The van der Waals surface area contributed by atoms with Crippen LogP contribution in [0.25, 0.3) is 0 Å². The number of amides is 1. The molecule has 2 rings (SSSR count). The topological polar surface area (TPSA) is 52.9 Å². The summed E-state index contributed by atoms with van der Waals surface area (Å²) in [6, 6.07) is 14.4. The summed E-state index contributed by atoms with van der Waals surface area (Å²) in [5.41, 5.74) is 1.47. The van der Waals surface area contributed by atoms with Gasteiger partial charge >= 0.3 is 0 Å². The van der Waals surface area contributed by atoms with E-state index >= 15 is 0 Å². The highest BCUT2D eigenvalue weighted by atomic mass is 19.1. The van der Waals surface area contributed by atoms with E-state index in [1.165, 1.54) is 12.1 Å². The molecule has 1 N–H and O–H groups in total. The van der Waals surface area contributed by atoms with E-state index in [4.69, 9.17) is 5.26 Å². The molecule has 0 aromatic heterocycles. The molecule has 0 spiro atoms. The van der Waals surface area contributed by atoms with E-state index in [1.807, 2.05) is 6.07 Å². The maximum atomic E-state index is 12.7. The second kappa shape index (κ2) is 5.78. The molecule has 0 aliphatic carbocycles. The molecule has 0 saturated carbocycles. The third kappa shape index (κ3) is 3.17. The molecule has 0 radical (unpaired) electrons. The van der Waals surface area contributed by atoms with E-state index in [9.17, 15) is 9.18 Å². The largest absolute Gasteiger partial charge is 0.348 e. The molecule has 0 saturated heterocycles. The lowest BCUT2D eigenvalue weighted by Crippen LogP contribution is -2.23. The molecular formula is C15H11FN2O. The zero-order chi connectivity index (χ0) is 13.7. The van der Waals surface area contributed by atoms with Crippen molar-refractivity contribution >= 4 is 5.91 Å². The Morgan fingerprint density at radius 3 is 2.53 bits per heavy atom. The van der Waals surface area contributed by atoms with E-state index < -0.39 is 0 Å². The Bertz CT molecular complexity index is 629. The molecule has 4 heteroatoms. The van der Waals surface area contributed by atoms with Gasteiger partial charge in [-0.15, -0.1) is 0 Å². The Balaban J connectivity index is 2.06. The fourth-order valence-corrected chi connectivity index (χ4v) is 1.66. The molecule has 19 heavy (non-hydrogen) atoms. The second-order valence-corrected chi connectivity index (χ2v) is 3.97. The molecule has 94 valence electrons. The Morgan fingerprint density at radius 1 is 1.16 bits per heavy atom. The molecule has 0 heterocycles. The van der Waals surface area contributed by atoms with Gasteiger partial charge in [0.1, 0.15) is 5.82 Å². The van der Waals surface area contributed by atoms with Crippen molar-refractivity contribution in [2.45, 2.75) is 6.54 Å². The lowest BCUT2D eigenvalue weighted by atomic mass is 10.1. The molecule has 0 aliphatic rings. The van der Waals surface area contributed by atoms with Crippen molar-refractivity contribution in [3.8, 4) is 6.07 Å². The first-order valence-electron chi connectivity index (χ1n) is 5.72. The minimum absolute atomic E-state index is 0.291. The van der Waals surface area contributed by atoms with Gasteiger partial charge < -0.3 is 5.32 Å². The minimum Gasteiger partial charge on any atom is -0.348 e. The number of hydrogen-bond acceptors (Lipinski definition) is 2. The van der Waals surface area contributed by atoms with Gasteiger partial charge in [0.25, 0.3) is 5.91 Å². The Hall–Kier alpha value is -2.67. The fraction of sp³-hybridized carbons (Fsp3) is 0.0667. The number of carbonyl (C=O) groups excluding carboxylic acids is 1. The van der Waals surface area contributed by atoms with E-state index in [2.05, 4.69) is 5.32 Å². The van der Waals surface area contributed by atoms with Crippen molar-refractivity contribution in [2.75, 3.05) is 0 Å². The smallest absolute Gasteiger partial charge is 0.252 e. The van der Waals surface area contributed by atoms with Gasteiger partial charge in [0.05, 0.1) is 17.2 Å². The summed E-state index contributed by atoms with van der Waals surface area (Å²) >= 11 is 0. The van der Waals surface area contributed by atoms with Crippen LogP contribution in [0.3, 0.4) is 0 Å². The Morgan fingerprint density at radius 2 is 1.84 bits per heavy atom. The van der Waals surface area contributed by atoms with Gasteiger partial charge in [0.2, 0.25) is 0 Å². The first-order chi connectivity index (χ1) is 9.20. The molecule has 3 nitrogen and oxygen atoms in total. The average Bonchev–Trinajstić information content (AvgIpc) is 2.46. The van der Waals surface area contributed by atoms with Crippen molar-refractivity contribution in [1.29, 1.82) is 5.26 Å². The normalized spacial score (nSPS) is 9.68. The predicted octanol–water partition coefficient (Wildman–Crippen LogP) is 2.63. The van der Waals surface area contributed by atoms with Crippen LogP contribution in [0.15, 0.2) is 48.5 Å². The first-order valence-corrected chi connectivity index (χ1v) is 5.72. The number of rotatable bonds is 3. The van der Waals surface area contributed by atoms with Crippen LogP contribution in [-0.4, -0.2) is 5.91 Å². The molecule has 0 aliphatic heterocycles. The lowest BCUT2D eigenvalue weighted by Gasteiger charge is -2.06. The van der Waals surface area contributed by atoms with Crippen LogP contribution in [0.1, 0.15) is 21.5 Å². The van der Waals surface area contributed by atoms with E-state index in [0.717, 1.165) is 5.56 Å². The van der Waals surface area contributed by atoms with E-state index in [0.29, 0.717) is 17.7 Å². The van der Waals surface area contributed by atoms with Gasteiger partial charge in [0.15, 0.2) is 0 Å². The van der Waals surface area contributed by atoms with Crippen LogP contribution in [0.5, 0.6) is 0 Å². The molecule has 0 fully saturated rings. The standard InChI is InChI=1S/C15H11FN2O/c16-13-7-5-11(6-8-13)10-18-15(19)14-4-2-1-3-12(14)9-17/h1-8H,10H2,(H,18,19). The summed E-state index contributed by atoms with van der Waals surface area (Å²) in [7, 11) is 0. The number of carbonyl (C=O) groups is 1. The van der Waals surface area contributed by atoms with Gasteiger partial charge in [-0.05, 0) is 29.8 Å². The maximum absolute atomic E-state index is 12.7. The average molecular weight is 254 g/mol. The third-order valence-electron chi connectivity index (χ3n) is 2.66. The van der Waals surface area contributed by atoms with Gasteiger partial charge in [0, 0.05) is 6.54 Å². The van der Waals surface area contributed by atoms with Crippen LogP contribution < -0.4 is 5.32 Å². The molecule has 0 unspecified atom stereocenters. The highest BCUT2D eigenvalue weighted by molar-refractivity contribution is 5.96. The summed E-state index contributed by atoms with van der Waals surface area (Å²) in [5.74, 6) is -0.633. The van der Waals surface area contributed by atoms with Crippen LogP contribution in [0.2, 0.25) is 0 Å². The number of halogens is 1. The number of nitrogens with zero attached hydrogens (tertiary/aromatic N) is 1. The molecule has 2 aromatic rings. The Labute approximate surface area is 110 Å². The zero-order valence-corrected chi connectivity index (χ0v) is 10.1. The predicted molar refractivity (Wildman–Crippen MR) is 68.7 cm³/mol. The van der Waals surface area contributed by atoms with Crippen molar-refractivity contribution in [2.24, 2.45) is 0 Å². The monoisotopic (exact) mass is 254 g/mol. The van der Waals surface area contributed by atoms with Crippen molar-refractivity contribution < 1.29 is 9.18 Å². The molecule has 0 atom stereocenters.